The predicted molar refractivity (Wildman–Crippen MR) is 206 cm³/mol. The first-order valence-electron chi connectivity index (χ1n) is 18.4. The second kappa shape index (κ2) is 18.9. The summed E-state index contributed by atoms with van der Waals surface area (Å²) in [6.07, 6.45) is -3.72. The second-order valence-corrected chi connectivity index (χ2v) is 14.7. The Bertz CT molecular complexity index is 2010. The van der Waals surface area contributed by atoms with E-state index in [0.29, 0.717) is 13.2 Å². The molecular weight excluding hydrogens is 758 g/mol. The number of nitrogens with zero attached hydrogens (tertiary/aromatic N) is 3. The molecule has 57 heavy (non-hydrogen) atoms. The van der Waals surface area contributed by atoms with E-state index in [0.717, 1.165) is 56.1 Å². The number of carboxylic acids is 2. The molecule has 7 rings (SSSR count). The van der Waals surface area contributed by atoms with Gasteiger partial charge in [0.2, 0.25) is 12.2 Å². The van der Waals surface area contributed by atoms with Crippen molar-refractivity contribution >= 4 is 41.7 Å². The average Bonchev–Trinajstić information content (AvgIpc) is 3.56. The average molecular weight is 800 g/mol. The van der Waals surface area contributed by atoms with Crippen LogP contribution in [0.4, 0.5) is 9.18 Å². The largest absolute Gasteiger partial charge is 0.478 e. The van der Waals surface area contributed by atoms with Crippen molar-refractivity contribution in [1.29, 1.82) is 0 Å². The number of ether oxygens (including phenoxy) is 3. The van der Waals surface area contributed by atoms with E-state index < -0.39 is 36.1 Å². The van der Waals surface area contributed by atoms with E-state index in [-0.39, 0.29) is 29.1 Å². The van der Waals surface area contributed by atoms with Crippen molar-refractivity contribution in [3.63, 3.8) is 0 Å². The summed E-state index contributed by atoms with van der Waals surface area (Å²) in [5.41, 5.74) is 3.77. The number of esters is 2. The molecule has 0 radical (unpaired) electrons. The Balaban J connectivity index is 0.000000196. The standard InChI is InChI=1S/C24H28FN3O2S.C18H14O8/c1-17-2-4-22-18(14-17)15-21(20-16-19(25)3-5-23(20)31-22)27-9-6-26(7-10-27)8-11-28-12-13-30-24(28)29;19-15(20)13(25-17(23)11-7-3-1-4-8-11)14(16(21)22)26-18(24)12-9-5-2-6-10-12/h2-5,14,16,21H,6-13,15H2,1H3;1-10,13-14H,(H,19,20)(H,21,22)/t21-;13-,14-/m11/s1. The van der Waals surface area contributed by atoms with Gasteiger partial charge in [0.05, 0.1) is 17.7 Å². The second-order valence-electron chi connectivity index (χ2n) is 13.7. The fourth-order valence-corrected chi connectivity index (χ4v) is 7.89. The van der Waals surface area contributed by atoms with E-state index in [1.165, 1.54) is 64.6 Å². The van der Waals surface area contributed by atoms with Gasteiger partial charge in [-0.15, -0.1) is 0 Å². The number of piperazine rings is 1. The third-order valence-corrected chi connectivity index (χ3v) is 11.0. The summed E-state index contributed by atoms with van der Waals surface area (Å²) in [6, 6.07) is 26.9. The van der Waals surface area contributed by atoms with Gasteiger partial charge in [0.15, 0.2) is 0 Å². The molecule has 1 amide bonds. The Morgan fingerprint density at radius 1 is 0.772 bits per heavy atom. The normalized spacial score (nSPS) is 17.7. The summed E-state index contributed by atoms with van der Waals surface area (Å²) in [4.78, 5) is 67.6. The van der Waals surface area contributed by atoms with E-state index in [4.69, 9.17) is 14.2 Å². The first-order valence-corrected chi connectivity index (χ1v) is 19.2. The molecule has 0 saturated carbocycles. The summed E-state index contributed by atoms with van der Waals surface area (Å²) in [5.74, 6) is -5.80. The molecule has 0 bridgehead atoms. The molecule has 13 nitrogen and oxygen atoms in total. The number of aliphatic carboxylic acids is 2. The lowest BCUT2D eigenvalue weighted by atomic mass is 9.95. The molecule has 0 unspecified atom stereocenters. The zero-order valence-corrected chi connectivity index (χ0v) is 31.9. The highest BCUT2D eigenvalue weighted by Gasteiger charge is 2.41. The molecule has 3 heterocycles. The number of hydrogen-bond donors (Lipinski definition) is 2. The highest BCUT2D eigenvalue weighted by molar-refractivity contribution is 7.99. The summed E-state index contributed by atoms with van der Waals surface area (Å²) < 4.78 is 28.8. The number of aryl methyl sites for hydroxylation is 1. The highest BCUT2D eigenvalue weighted by atomic mass is 32.2. The van der Waals surface area contributed by atoms with E-state index in [9.17, 15) is 38.6 Å². The minimum Gasteiger partial charge on any atom is -0.478 e. The van der Waals surface area contributed by atoms with Crippen molar-refractivity contribution < 1.29 is 52.8 Å². The van der Waals surface area contributed by atoms with Crippen LogP contribution < -0.4 is 0 Å². The number of amides is 1. The van der Waals surface area contributed by atoms with Crippen LogP contribution in [-0.4, -0.2) is 120 Å². The quantitative estimate of drug-likeness (QED) is 0.143. The highest BCUT2D eigenvalue weighted by Crippen LogP contribution is 2.43. The third kappa shape index (κ3) is 10.6. The third-order valence-electron chi connectivity index (χ3n) is 9.81. The number of halogens is 1. The van der Waals surface area contributed by atoms with E-state index in [1.807, 2.05) is 6.07 Å². The van der Waals surface area contributed by atoms with E-state index >= 15 is 0 Å². The minimum absolute atomic E-state index is 0.0253. The summed E-state index contributed by atoms with van der Waals surface area (Å²) in [6.45, 7) is 8.72. The summed E-state index contributed by atoms with van der Waals surface area (Å²) in [5, 5.41) is 18.5. The van der Waals surface area contributed by atoms with Crippen LogP contribution in [0.5, 0.6) is 0 Å². The number of cyclic esters (lactones) is 1. The Morgan fingerprint density at radius 3 is 1.89 bits per heavy atom. The molecular formula is C42H42FN3O10S. The maximum Gasteiger partial charge on any atom is 0.409 e. The van der Waals surface area contributed by atoms with Gasteiger partial charge in [-0.25, -0.2) is 28.4 Å². The van der Waals surface area contributed by atoms with Crippen LogP contribution in [0.15, 0.2) is 107 Å². The molecule has 2 N–H and O–H groups in total. The molecule has 4 aromatic rings. The molecule has 15 heteroatoms. The molecule has 3 atom stereocenters. The number of carbonyl (C=O) groups excluding carboxylic acids is 3. The molecule has 0 aromatic heterocycles. The molecule has 3 aliphatic rings. The van der Waals surface area contributed by atoms with Crippen LogP contribution in [0.3, 0.4) is 0 Å². The SMILES string of the molecule is Cc1ccc2c(c1)C[C@@H](N1CCN(CCN3CCOC3=O)CC1)c1cc(F)ccc1S2.O=C(O[C@@H](C(=O)O)[C@@H](OC(=O)c1ccccc1)C(=O)O)c1ccccc1. The van der Waals surface area contributed by atoms with Crippen molar-refractivity contribution in [2.75, 3.05) is 52.4 Å². The van der Waals surface area contributed by atoms with Crippen LogP contribution in [0.2, 0.25) is 0 Å². The Labute approximate surface area is 332 Å². The number of hydrogen-bond acceptors (Lipinski definition) is 11. The van der Waals surface area contributed by atoms with Gasteiger partial charge in [-0.3, -0.25) is 9.80 Å². The van der Waals surface area contributed by atoms with Crippen molar-refractivity contribution in [2.45, 2.75) is 41.4 Å². The zero-order valence-electron chi connectivity index (χ0n) is 31.1. The van der Waals surface area contributed by atoms with Crippen molar-refractivity contribution in [3.8, 4) is 0 Å². The van der Waals surface area contributed by atoms with Gasteiger partial charge in [-0.1, -0.05) is 65.9 Å². The fraction of sp³-hybridized carbons (Fsp3) is 0.310. The lowest BCUT2D eigenvalue weighted by Gasteiger charge is -2.40. The van der Waals surface area contributed by atoms with Crippen molar-refractivity contribution in [2.24, 2.45) is 0 Å². The van der Waals surface area contributed by atoms with Gasteiger partial charge in [0.25, 0.3) is 0 Å². The van der Waals surface area contributed by atoms with Gasteiger partial charge < -0.3 is 29.3 Å². The molecule has 2 fully saturated rings. The van der Waals surface area contributed by atoms with Crippen molar-refractivity contribution in [3.05, 3.63) is 131 Å². The van der Waals surface area contributed by atoms with Gasteiger partial charge >= 0.3 is 30.0 Å². The Morgan fingerprint density at radius 2 is 1.35 bits per heavy atom. The van der Waals surface area contributed by atoms with E-state index in [1.54, 1.807) is 40.9 Å². The fourth-order valence-electron chi connectivity index (χ4n) is 6.79. The molecule has 0 spiro atoms. The van der Waals surface area contributed by atoms with Crippen molar-refractivity contribution in [1.82, 2.24) is 14.7 Å². The van der Waals surface area contributed by atoms with Crippen LogP contribution in [0, 0.1) is 12.7 Å². The lowest BCUT2D eigenvalue weighted by molar-refractivity contribution is -0.166. The van der Waals surface area contributed by atoms with Gasteiger partial charge in [-0.2, -0.15) is 0 Å². The van der Waals surface area contributed by atoms with Crippen LogP contribution >= 0.6 is 11.8 Å². The molecule has 298 valence electrons. The first kappa shape index (κ1) is 40.9. The Kier molecular flexibility index (Phi) is 13.6. The Hall–Kier alpha value is -5.77. The maximum absolute atomic E-state index is 14.2. The predicted octanol–water partition coefficient (Wildman–Crippen LogP) is 5.56. The minimum atomic E-state index is -2.21. The van der Waals surface area contributed by atoms with Gasteiger partial charge in [-0.05, 0) is 73.0 Å². The smallest absolute Gasteiger partial charge is 0.409 e. The number of fused-ring (bicyclic) bond motifs is 2. The summed E-state index contributed by atoms with van der Waals surface area (Å²) >= 11 is 1.76. The van der Waals surface area contributed by atoms with Crippen LogP contribution in [0.25, 0.3) is 0 Å². The van der Waals surface area contributed by atoms with E-state index in [2.05, 4.69) is 34.9 Å². The molecule has 4 aromatic carbocycles. The van der Waals surface area contributed by atoms with Gasteiger partial charge in [0.1, 0.15) is 12.4 Å². The zero-order chi connectivity index (χ0) is 40.5. The number of carbonyl (C=O) groups is 5. The topological polar surface area (TPSA) is 163 Å². The lowest BCUT2D eigenvalue weighted by Crippen LogP contribution is -2.49. The first-order chi connectivity index (χ1) is 27.5. The molecule has 0 aliphatic carbocycles. The molecule has 3 aliphatic heterocycles. The van der Waals surface area contributed by atoms with Crippen LogP contribution in [0.1, 0.15) is 43.4 Å². The van der Waals surface area contributed by atoms with Crippen LogP contribution in [-0.2, 0) is 30.2 Å². The van der Waals surface area contributed by atoms with Gasteiger partial charge in [0, 0.05) is 55.1 Å². The number of rotatable bonds is 11. The summed E-state index contributed by atoms with van der Waals surface area (Å²) in [7, 11) is 0. The molecule has 2 saturated heterocycles. The monoisotopic (exact) mass is 799 g/mol. The number of carboxylic acid groups (broad SMARTS) is 2. The maximum atomic E-state index is 14.2. The number of benzene rings is 4.